The van der Waals surface area contributed by atoms with E-state index in [4.69, 9.17) is 0 Å². The Morgan fingerprint density at radius 3 is 2.48 bits per heavy atom. The number of pyridine rings is 1. The summed E-state index contributed by atoms with van der Waals surface area (Å²) in [4.78, 5) is 28.2. The number of hydrogen-bond donors (Lipinski definition) is 2. The van der Waals surface area contributed by atoms with E-state index < -0.39 is 17.8 Å². The molecule has 2 bridgehead atoms. The average molecular weight is 286 g/mol. The zero-order chi connectivity index (χ0) is 15.1. The summed E-state index contributed by atoms with van der Waals surface area (Å²) in [5.74, 6) is -1.74. The second-order valence-electron chi connectivity index (χ2n) is 6.00. The molecule has 0 aromatic carbocycles. The summed E-state index contributed by atoms with van der Waals surface area (Å²) in [6, 6.07) is 3.72. The number of aromatic nitrogens is 1. The fourth-order valence-electron chi connectivity index (χ4n) is 3.63. The van der Waals surface area contributed by atoms with Gasteiger partial charge in [0.1, 0.15) is 5.82 Å². The molecule has 1 saturated carbocycles. The maximum atomic E-state index is 12.5. The molecular weight excluding hydrogens is 268 g/mol. The van der Waals surface area contributed by atoms with Crippen LogP contribution in [0.2, 0.25) is 0 Å². The summed E-state index contributed by atoms with van der Waals surface area (Å²) in [5.41, 5.74) is 1.84. The Labute approximate surface area is 123 Å². The molecule has 2 aliphatic rings. The molecular formula is C16H18N2O3. The van der Waals surface area contributed by atoms with Gasteiger partial charge in [0, 0.05) is 5.69 Å². The predicted molar refractivity (Wildman–Crippen MR) is 77.7 cm³/mol. The van der Waals surface area contributed by atoms with E-state index in [2.05, 4.69) is 10.3 Å². The minimum Gasteiger partial charge on any atom is -0.481 e. The largest absolute Gasteiger partial charge is 0.481 e. The van der Waals surface area contributed by atoms with Crippen LogP contribution in [0.25, 0.3) is 0 Å². The van der Waals surface area contributed by atoms with Crippen LogP contribution < -0.4 is 5.32 Å². The fraction of sp³-hybridized carbons (Fsp3) is 0.438. The number of nitrogens with zero attached hydrogens (tertiary/aromatic N) is 1. The molecule has 1 heterocycles. The summed E-state index contributed by atoms with van der Waals surface area (Å²) < 4.78 is 0. The summed E-state index contributed by atoms with van der Waals surface area (Å²) in [6.07, 6.45) is 4.67. The minimum absolute atomic E-state index is 0.0181. The van der Waals surface area contributed by atoms with Gasteiger partial charge in [-0.15, -0.1) is 0 Å². The molecule has 1 aromatic rings. The number of nitrogens with one attached hydrogen (secondary N) is 1. The van der Waals surface area contributed by atoms with Crippen LogP contribution in [-0.2, 0) is 9.59 Å². The number of allylic oxidation sites excluding steroid dienone is 2. The van der Waals surface area contributed by atoms with Gasteiger partial charge in [0.2, 0.25) is 5.91 Å². The number of amides is 1. The molecule has 0 aliphatic heterocycles. The fourth-order valence-corrected chi connectivity index (χ4v) is 3.63. The summed E-state index contributed by atoms with van der Waals surface area (Å²) >= 11 is 0. The van der Waals surface area contributed by atoms with Crippen molar-refractivity contribution >= 4 is 17.7 Å². The molecule has 4 atom stereocenters. The van der Waals surface area contributed by atoms with Gasteiger partial charge in [-0.2, -0.15) is 0 Å². The van der Waals surface area contributed by atoms with Crippen molar-refractivity contribution < 1.29 is 14.7 Å². The number of hydrogen-bond acceptors (Lipinski definition) is 3. The summed E-state index contributed by atoms with van der Waals surface area (Å²) in [6.45, 7) is 3.80. The number of carboxylic acids is 1. The van der Waals surface area contributed by atoms with Gasteiger partial charge in [0.25, 0.3) is 0 Å². The average Bonchev–Trinajstić information content (AvgIpc) is 2.96. The van der Waals surface area contributed by atoms with E-state index in [1.54, 1.807) is 6.07 Å². The minimum atomic E-state index is -0.889. The molecule has 0 saturated heterocycles. The lowest BCUT2D eigenvalue weighted by Gasteiger charge is -2.23. The smallest absolute Gasteiger partial charge is 0.307 e. The Balaban J connectivity index is 1.82. The van der Waals surface area contributed by atoms with E-state index in [-0.39, 0.29) is 17.7 Å². The number of carbonyl (C=O) groups excluding carboxylic acids is 1. The van der Waals surface area contributed by atoms with E-state index in [0.717, 1.165) is 17.7 Å². The first-order valence-corrected chi connectivity index (χ1v) is 7.13. The van der Waals surface area contributed by atoms with Crippen molar-refractivity contribution in [2.45, 2.75) is 20.3 Å². The molecule has 2 aliphatic carbocycles. The number of anilines is 1. The van der Waals surface area contributed by atoms with E-state index in [1.165, 1.54) is 0 Å². The van der Waals surface area contributed by atoms with Crippen LogP contribution in [0.5, 0.6) is 0 Å². The molecule has 21 heavy (non-hydrogen) atoms. The first-order chi connectivity index (χ1) is 9.95. The first-order valence-electron chi connectivity index (χ1n) is 7.13. The monoisotopic (exact) mass is 286 g/mol. The van der Waals surface area contributed by atoms with Crippen LogP contribution in [-0.4, -0.2) is 22.0 Å². The van der Waals surface area contributed by atoms with Crippen molar-refractivity contribution in [1.82, 2.24) is 4.98 Å². The van der Waals surface area contributed by atoms with E-state index in [9.17, 15) is 14.7 Å². The van der Waals surface area contributed by atoms with Gasteiger partial charge in [0.05, 0.1) is 11.8 Å². The van der Waals surface area contributed by atoms with Gasteiger partial charge in [-0.25, -0.2) is 4.98 Å². The molecule has 2 N–H and O–H groups in total. The third kappa shape index (κ3) is 2.44. The SMILES string of the molecule is Cc1cc(C)nc(NC(=O)[C@H]2[C@H](C(=O)O)[C@H]3C=C[C@H]2C3)c1. The van der Waals surface area contributed by atoms with E-state index >= 15 is 0 Å². The van der Waals surface area contributed by atoms with Gasteiger partial charge >= 0.3 is 5.97 Å². The van der Waals surface area contributed by atoms with Gasteiger partial charge in [0.15, 0.2) is 0 Å². The van der Waals surface area contributed by atoms with E-state index in [1.807, 2.05) is 32.1 Å². The van der Waals surface area contributed by atoms with Crippen LogP contribution in [0.4, 0.5) is 5.82 Å². The summed E-state index contributed by atoms with van der Waals surface area (Å²) in [5, 5.41) is 12.2. The molecule has 0 radical (unpaired) electrons. The normalized spacial score (nSPS) is 29.6. The number of rotatable bonds is 3. The maximum absolute atomic E-state index is 12.5. The number of aliphatic carboxylic acids is 1. The molecule has 5 heteroatoms. The third-order valence-corrected chi connectivity index (χ3v) is 4.40. The second kappa shape index (κ2) is 4.98. The quantitative estimate of drug-likeness (QED) is 0.834. The molecule has 3 rings (SSSR count). The Morgan fingerprint density at radius 2 is 1.86 bits per heavy atom. The molecule has 1 aromatic heterocycles. The zero-order valence-electron chi connectivity index (χ0n) is 12.0. The van der Waals surface area contributed by atoms with Crippen LogP contribution in [0, 0.1) is 37.5 Å². The number of fused-ring (bicyclic) bond motifs is 2. The number of aryl methyl sites for hydroxylation is 2. The topological polar surface area (TPSA) is 79.3 Å². The Kier molecular flexibility index (Phi) is 3.27. The van der Waals surface area contributed by atoms with Crippen LogP contribution in [0.3, 0.4) is 0 Å². The number of carbonyl (C=O) groups is 2. The maximum Gasteiger partial charge on any atom is 0.307 e. The Morgan fingerprint density at radius 1 is 1.19 bits per heavy atom. The number of carboxylic acid groups (broad SMARTS) is 1. The van der Waals surface area contributed by atoms with Crippen molar-refractivity contribution in [3.05, 3.63) is 35.5 Å². The molecule has 0 unspecified atom stereocenters. The van der Waals surface area contributed by atoms with Crippen molar-refractivity contribution in [1.29, 1.82) is 0 Å². The molecule has 110 valence electrons. The van der Waals surface area contributed by atoms with Gasteiger partial charge < -0.3 is 10.4 Å². The van der Waals surface area contributed by atoms with Crippen molar-refractivity contribution in [3.8, 4) is 0 Å². The molecule has 1 amide bonds. The van der Waals surface area contributed by atoms with Crippen LogP contribution >= 0.6 is 0 Å². The van der Waals surface area contributed by atoms with Crippen LogP contribution in [0.15, 0.2) is 24.3 Å². The van der Waals surface area contributed by atoms with E-state index in [0.29, 0.717) is 5.82 Å². The Hall–Kier alpha value is -2.17. The zero-order valence-corrected chi connectivity index (χ0v) is 12.0. The van der Waals surface area contributed by atoms with Gasteiger partial charge in [-0.05, 0) is 49.8 Å². The van der Waals surface area contributed by atoms with Crippen molar-refractivity contribution in [2.75, 3.05) is 5.32 Å². The Bertz CT molecular complexity index is 618. The highest BCUT2D eigenvalue weighted by molar-refractivity contribution is 5.95. The summed E-state index contributed by atoms with van der Waals surface area (Å²) in [7, 11) is 0. The second-order valence-corrected chi connectivity index (χ2v) is 6.00. The van der Waals surface area contributed by atoms with Crippen molar-refractivity contribution in [2.24, 2.45) is 23.7 Å². The highest BCUT2D eigenvalue weighted by Crippen LogP contribution is 2.48. The standard InChI is InChI=1S/C16H18N2O3/c1-8-5-9(2)17-12(6-8)18-15(19)13-10-3-4-11(7-10)14(13)16(20)21/h3-6,10-11,13-14H,7H2,1-2H3,(H,20,21)(H,17,18,19)/t10-,11-,13+,14+/m0/s1. The van der Waals surface area contributed by atoms with Crippen LogP contribution in [0.1, 0.15) is 17.7 Å². The van der Waals surface area contributed by atoms with Crippen molar-refractivity contribution in [3.63, 3.8) is 0 Å². The lowest BCUT2D eigenvalue weighted by atomic mass is 9.82. The van der Waals surface area contributed by atoms with Gasteiger partial charge in [-0.1, -0.05) is 12.2 Å². The third-order valence-electron chi connectivity index (χ3n) is 4.40. The molecule has 5 nitrogen and oxygen atoms in total. The first kappa shape index (κ1) is 13.8. The molecule has 1 fully saturated rings. The predicted octanol–water partition coefficient (Wildman–Crippen LogP) is 2.16. The highest BCUT2D eigenvalue weighted by atomic mass is 16.4. The van der Waals surface area contributed by atoms with Gasteiger partial charge in [-0.3, -0.25) is 9.59 Å². The highest BCUT2D eigenvalue weighted by Gasteiger charge is 2.51. The lowest BCUT2D eigenvalue weighted by molar-refractivity contribution is -0.146. The molecule has 0 spiro atoms. The lowest BCUT2D eigenvalue weighted by Crippen LogP contribution is -2.36.